The number of hydrogen-bond donors (Lipinski definition) is 1. The lowest BCUT2D eigenvalue weighted by molar-refractivity contribution is -0.118. The average molecular weight is 286 g/mol. The Morgan fingerprint density at radius 1 is 1.42 bits per heavy atom. The summed E-state index contributed by atoms with van der Waals surface area (Å²) in [4.78, 5) is 11.9. The van der Waals surface area contributed by atoms with Gasteiger partial charge in [0.1, 0.15) is 11.6 Å². The van der Waals surface area contributed by atoms with Crippen molar-refractivity contribution in [2.24, 2.45) is 11.7 Å². The molecule has 1 rings (SSSR count). The molecule has 4 heteroatoms. The predicted molar refractivity (Wildman–Crippen MR) is 76.8 cm³/mol. The van der Waals surface area contributed by atoms with E-state index in [0.29, 0.717) is 25.3 Å². The Balaban J connectivity index is 2.44. The van der Waals surface area contributed by atoms with Crippen molar-refractivity contribution in [3.05, 3.63) is 34.6 Å². The Labute approximate surface area is 119 Å². The van der Waals surface area contributed by atoms with Crippen molar-refractivity contribution in [3.8, 4) is 0 Å². The topological polar surface area (TPSA) is 43.1 Å². The van der Waals surface area contributed by atoms with Crippen LogP contribution in [0.3, 0.4) is 0 Å². The highest BCUT2D eigenvalue weighted by molar-refractivity contribution is 6.30. The quantitative estimate of drug-likeness (QED) is 0.790. The fourth-order valence-electron chi connectivity index (χ4n) is 2.12. The molecule has 0 fully saturated rings. The van der Waals surface area contributed by atoms with Crippen LogP contribution in [0.5, 0.6) is 0 Å². The van der Waals surface area contributed by atoms with Crippen LogP contribution < -0.4 is 5.73 Å². The molecule has 0 bridgehead atoms. The number of carbonyl (C=O) groups excluding carboxylic acids is 1. The number of carbonyl (C=O) groups is 1. The lowest BCUT2D eigenvalue weighted by Crippen LogP contribution is -2.11. The van der Waals surface area contributed by atoms with E-state index >= 15 is 0 Å². The number of Topliss-reactive ketones (excluding diaryl/α,β-unsaturated/α-hetero) is 1. The minimum absolute atomic E-state index is 0.0693. The fraction of sp³-hybridized carbons (Fsp3) is 0.533. The van der Waals surface area contributed by atoms with Gasteiger partial charge < -0.3 is 5.73 Å². The van der Waals surface area contributed by atoms with Crippen LogP contribution in [-0.4, -0.2) is 12.3 Å². The zero-order valence-corrected chi connectivity index (χ0v) is 12.0. The summed E-state index contributed by atoms with van der Waals surface area (Å²) in [5.41, 5.74) is 6.30. The van der Waals surface area contributed by atoms with E-state index in [2.05, 4.69) is 6.92 Å². The van der Waals surface area contributed by atoms with Crippen LogP contribution in [0.2, 0.25) is 5.02 Å². The highest BCUT2D eigenvalue weighted by Gasteiger charge is 2.10. The van der Waals surface area contributed by atoms with E-state index < -0.39 is 5.82 Å². The van der Waals surface area contributed by atoms with Crippen LogP contribution in [0.4, 0.5) is 4.39 Å². The largest absolute Gasteiger partial charge is 0.330 e. The molecule has 0 aliphatic heterocycles. The molecule has 0 amide bonds. The molecule has 2 N–H and O–H groups in total. The van der Waals surface area contributed by atoms with Gasteiger partial charge in [-0.2, -0.15) is 0 Å². The highest BCUT2D eigenvalue weighted by atomic mass is 35.5. The molecule has 0 radical (unpaired) electrons. The summed E-state index contributed by atoms with van der Waals surface area (Å²) in [7, 11) is 0. The van der Waals surface area contributed by atoms with Gasteiger partial charge in [0, 0.05) is 12.8 Å². The van der Waals surface area contributed by atoms with Crippen molar-refractivity contribution in [3.63, 3.8) is 0 Å². The van der Waals surface area contributed by atoms with E-state index in [4.69, 9.17) is 17.3 Å². The van der Waals surface area contributed by atoms with Crippen molar-refractivity contribution in [1.82, 2.24) is 0 Å². The average Bonchev–Trinajstić information content (AvgIpc) is 2.39. The molecule has 0 aliphatic rings. The predicted octanol–water partition coefficient (Wildman–Crippen LogP) is 3.75. The first-order valence-corrected chi connectivity index (χ1v) is 7.10. The molecule has 0 saturated heterocycles. The van der Waals surface area contributed by atoms with E-state index in [1.165, 1.54) is 12.1 Å². The number of ketones is 1. The Bertz CT molecular complexity index is 423. The third-order valence-electron chi connectivity index (χ3n) is 3.37. The lowest BCUT2D eigenvalue weighted by atomic mass is 9.94. The first-order valence-electron chi connectivity index (χ1n) is 6.72. The SMILES string of the molecule is CCC(CCN)CCC(=O)Cc1ccc(F)c(Cl)c1. The number of hydrogen-bond acceptors (Lipinski definition) is 2. The highest BCUT2D eigenvalue weighted by Crippen LogP contribution is 2.18. The minimum Gasteiger partial charge on any atom is -0.330 e. The van der Waals surface area contributed by atoms with E-state index in [1.807, 2.05) is 0 Å². The van der Waals surface area contributed by atoms with Gasteiger partial charge in [-0.25, -0.2) is 4.39 Å². The fourth-order valence-corrected chi connectivity index (χ4v) is 2.32. The van der Waals surface area contributed by atoms with Gasteiger partial charge in [0.25, 0.3) is 0 Å². The molecule has 1 unspecified atom stereocenters. The van der Waals surface area contributed by atoms with Gasteiger partial charge in [-0.15, -0.1) is 0 Å². The Morgan fingerprint density at radius 3 is 2.74 bits per heavy atom. The lowest BCUT2D eigenvalue weighted by Gasteiger charge is -2.12. The standard InChI is InChI=1S/C15H21ClFNO/c1-2-11(7-8-18)3-5-13(19)9-12-4-6-15(17)14(16)10-12/h4,6,10-11H,2-3,5,7-9,18H2,1H3. The molecule has 0 heterocycles. The van der Waals surface area contributed by atoms with Gasteiger partial charge in [-0.3, -0.25) is 4.79 Å². The smallest absolute Gasteiger partial charge is 0.141 e. The van der Waals surface area contributed by atoms with Crippen LogP contribution in [0, 0.1) is 11.7 Å². The molecule has 0 aromatic heterocycles. The van der Waals surface area contributed by atoms with Crippen molar-refractivity contribution in [2.45, 2.75) is 39.0 Å². The first kappa shape index (κ1) is 16.1. The number of halogens is 2. The summed E-state index contributed by atoms with van der Waals surface area (Å²) in [6, 6.07) is 4.43. The van der Waals surface area contributed by atoms with Gasteiger partial charge in [-0.05, 0) is 43.0 Å². The maximum absolute atomic E-state index is 13.0. The van der Waals surface area contributed by atoms with Gasteiger partial charge in [0.05, 0.1) is 5.02 Å². The normalized spacial score (nSPS) is 12.4. The molecule has 19 heavy (non-hydrogen) atoms. The van der Waals surface area contributed by atoms with E-state index in [0.717, 1.165) is 24.8 Å². The van der Waals surface area contributed by atoms with Crippen molar-refractivity contribution in [2.75, 3.05) is 6.54 Å². The number of rotatable bonds is 8. The summed E-state index contributed by atoms with van der Waals surface area (Å²) < 4.78 is 13.0. The van der Waals surface area contributed by atoms with Crippen LogP contribution >= 0.6 is 11.6 Å². The molecule has 1 atom stereocenters. The van der Waals surface area contributed by atoms with Crippen LogP contribution in [0.15, 0.2) is 18.2 Å². The molecule has 0 saturated carbocycles. The van der Waals surface area contributed by atoms with E-state index in [9.17, 15) is 9.18 Å². The molecule has 2 nitrogen and oxygen atoms in total. The van der Waals surface area contributed by atoms with Crippen LogP contribution in [0.1, 0.15) is 38.2 Å². The summed E-state index contributed by atoms with van der Waals surface area (Å²) in [5.74, 6) is 0.232. The monoisotopic (exact) mass is 285 g/mol. The molecular weight excluding hydrogens is 265 g/mol. The van der Waals surface area contributed by atoms with Gasteiger partial charge in [0.15, 0.2) is 0 Å². The third kappa shape index (κ3) is 5.70. The third-order valence-corrected chi connectivity index (χ3v) is 3.66. The van der Waals surface area contributed by atoms with E-state index in [1.54, 1.807) is 6.07 Å². The Hall–Kier alpha value is -0.930. The Morgan fingerprint density at radius 2 is 2.16 bits per heavy atom. The maximum atomic E-state index is 13.0. The molecule has 1 aromatic carbocycles. The number of benzene rings is 1. The van der Waals surface area contributed by atoms with Crippen molar-refractivity contribution < 1.29 is 9.18 Å². The van der Waals surface area contributed by atoms with Gasteiger partial charge in [-0.1, -0.05) is 31.0 Å². The minimum atomic E-state index is -0.452. The van der Waals surface area contributed by atoms with E-state index in [-0.39, 0.29) is 10.8 Å². The summed E-state index contributed by atoms with van der Waals surface area (Å²) >= 11 is 5.69. The molecule has 0 aliphatic carbocycles. The zero-order chi connectivity index (χ0) is 14.3. The zero-order valence-electron chi connectivity index (χ0n) is 11.3. The number of nitrogens with two attached hydrogens (primary N) is 1. The summed E-state index contributed by atoms with van der Waals surface area (Å²) in [6.07, 6.45) is 3.76. The van der Waals surface area contributed by atoms with Crippen LogP contribution in [0.25, 0.3) is 0 Å². The molecule has 1 aromatic rings. The summed E-state index contributed by atoms with van der Waals surface area (Å²) in [5, 5.41) is 0.0693. The second kappa shape index (κ2) is 8.28. The molecule has 106 valence electrons. The van der Waals surface area contributed by atoms with Crippen LogP contribution in [-0.2, 0) is 11.2 Å². The Kier molecular flexibility index (Phi) is 7.03. The second-order valence-electron chi connectivity index (χ2n) is 4.85. The van der Waals surface area contributed by atoms with Crippen molar-refractivity contribution >= 4 is 17.4 Å². The van der Waals surface area contributed by atoms with Gasteiger partial charge in [0.2, 0.25) is 0 Å². The first-order chi connectivity index (χ1) is 9.06. The second-order valence-corrected chi connectivity index (χ2v) is 5.26. The molecular formula is C15H21ClFNO. The summed E-state index contributed by atoms with van der Waals surface area (Å²) in [6.45, 7) is 2.78. The molecule has 0 spiro atoms. The van der Waals surface area contributed by atoms with Crippen molar-refractivity contribution in [1.29, 1.82) is 0 Å². The van der Waals surface area contributed by atoms with Gasteiger partial charge >= 0.3 is 0 Å². The maximum Gasteiger partial charge on any atom is 0.141 e.